The van der Waals surface area contributed by atoms with E-state index < -0.39 is 49.3 Å². The lowest BCUT2D eigenvalue weighted by molar-refractivity contribution is -0.161. The molecule has 0 aromatic heterocycles. The number of imide groups is 1. The molecule has 1 atom stereocenters. The molecule has 0 saturated heterocycles. The minimum atomic E-state index is -2.38. The number of hydrogen-bond donors (Lipinski definition) is 1. The highest BCUT2D eigenvalue weighted by atomic mass is 28.4. The Morgan fingerprint density at radius 2 is 1.12 bits per heavy atom. The second-order valence-electron chi connectivity index (χ2n) is 13.1. The van der Waals surface area contributed by atoms with Crippen molar-refractivity contribution in [1.82, 2.24) is 4.90 Å². The third kappa shape index (κ3) is 12.2. The zero-order valence-corrected chi connectivity index (χ0v) is 24.7. The van der Waals surface area contributed by atoms with Gasteiger partial charge in [0.15, 0.2) is 8.32 Å². The highest BCUT2D eigenvalue weighted by molar-refractivity contribution is 6.72. The summed E-state index contributed by atoms with van der Waals surface area (Å²) in [6, 6.07) is -1.20. The lowest BCUT2D eigenvalue weighted by Crippen LogP contribution is -2.53. The van der Waals surface area contributed by atoms with Gasteiger partial charge in [-0.2, -0.15) is 4.90 Å². The molecule has 0 radical (unpaired) electrons. The van der Waals surface area contributed by atoms with Crippen LogP contribution in [0.2, 0.25) is 18.1 Å². The average Bonchev–Trinajstić information content (AvgIpc) is 2.51. The van der Waals surface area contributed by atoms with Gasteiger partial charge >= 0.3 is 18.2 Å². The van der Waals surface area contributed by atoms with Crippen molar-refractivity contribution >= 4 is 26.5 Å². The van der Waals surface area contributed by atoms with Crippen LogP contribution in [0, 0.1) is 0 Å². The second-order valence-corrected chi connectivity index (χ2v) is 17.5. The van der Waals surface area contributed by atoms with Crippen LogP contribution in [-0.2, 0) is 19.0 Å². The first-order valence-corrected chi connectivity index (χ1v) is 15.0. The fraction of sp³-hybridized carbons (Fsp3) is 0.880. The molecule has 0 aliphatic rings. The molecule has 0 aromatic carbocycles. The Labute approximate surface area is 207 Å². The first-order chi connectivity index (χ1) is 14.9. The van der Waals surface area contributed by atoms with Crippen molar-refractivity contribution in [3.05, 3.63) is 0 Å². The van der Waals surface area contributed by atoms with Crippen LogP contribution in [0.1, 0.15) is 102 Å². The Hall–Kier alpha value is -1.61. The number of unbranched alkanes of at least 4 members (excludes halogenated alkanes) is 1. The summed E-state index contributed by atoms with van der Waals surface area (Å²) in [6.45, 7) is 23.2. The minimum absolute atomic E-state index is 0.191. The Morgan fingerprint density at radius 1 is 0.735 bits per heavy atom. The van der Waals surface area contributed by atoms with Gasteiger partial charge < -0.3 is 19.0 Å². The molecule has 0 heterocycles. The van der Waals surface area contributed by atoms with Crippen LogP contribution in [0.3, 0.4) is 0 Å². The maximum Gasteiger partial charge on any atom is 0.420 e. The van der Waals surface area contributed by atoms with Crippen molar-refractivity contribution < 1.29 is 33.4 Å². The van der Waals surface area contributed by atoms with Gasteiger partial charge in [-0.05, 0) is 93.3 Å². The number of rotatable bonds is 8. The molecular formula is C25H49NO7Si. The summed E-state index contributed by atoms with van der Waals surface area (Å²) in [5, 5.41) is -0.218. The van der Waals surface area contributed by atoms with Crippen molar-refractivity contribution in [2.75, 3.05) is 0 Å². The van der Waals surface area contributed by atoms with Crippen molar-refractivity contribution in [2.45, 2.75) is 143 Å². The quantitative estimate of drug-likeness (QED) is 0.177. The normalized spacial score (nSPS) is 14.3. The molecule has 0 unspecified atom stereocenters. The van der Waals surface area contributed by atoms with Gasteiger partial charge in [0.2, 0.25) is 0 Å². The van der Waals surface area contributed by atoms with Gasteiger partial charge in [0.25, 0.3) is 0 Å². The summed E-state index contributed by atoms with van der Waals surface area (Å²) in [6.07, 6.45) is 0.280. The lowest BCUT2D eigenvalue weighted by Gasteiger charge is -2.36. The van der Waals surface area contributed by atoms with Gasteiger partial charge in [-0.15, -0.1) is 0 Å². The van der Waals surface area contributed by atoms with Crippen LogP contribution in [0.5, 0.6) is 0 Å². The second kappa shape index (κ2) is 11.4. The van der Waals surface area contributed by atoms with Gasteiger partial charge in [0, 0.05) is 0 Å². The molecule has 0 fully saturated rings. The molecular weight excluding hydrogens is 454 g/mol. The van der Waals surface area contributed by atoms with Gasteiger partial charge in [-0.25, -0.2) is 14.4 Å². The van der Waals surface area contributed by atoms with E-state index >= 15 is 0 Å². The predicted octanol–water partition coefficient (Wildman–Crippen LogP) is 6.41. The fourth-order valence-corrected chi connectivity index (χ4v) is 3.67. The van der Waals surface area contributed by atoms with Gasteiger partial charge in [-0.3, -0.25) is 0 Å². The number of amides is 2. The molecule has 0 rings (SSSR count). The summed E-state index contributed by atoms with van der Waals surface area (Å²) >= 11 is 0. The maximum atomic E-state index is 13.2. The van der Waals surface area contributed by atoms with Crippen molar-refractivity contribution in [2.24, 2.45) is 0 Å². The molecule has 200 valence electrons. The van der Waals surface area contributed by atoms with Gasteiger partial charge in [0.05, 0.1) is 0 Å². The highest BCUT2D eigenvalue weighted by Gasteiger charge is 2.42. The molecule has 0 saturated carbocycles. The number of carbonyl (C=O) groups excluding carboxylic acids is 3. The van der Waals surface area contributed by atoms with Crippen molar-refractivity contribution in [3.63, 3.8) is 0 Å². The van der Waals surface area contributed by atoms with E-state index in [2.05, 4.69) is 0 Å². The van der Waals surface area contributed by atoms with Crippen LogP contribution in [0.25, 0.3) is 0 Å². The Kier molecular flexibility index (Phi) is 10.9. The summed E-state index contributed by atoms with van der Waals surface area (Å²) in [5.41, 5.74) is -2.56. The van der Waals surface area contributed by atoms with E-state index in [1.165, 1.54) is 0 Å². The number of hydrogen-bond acceptors (Lipinski definition) is 7. The molecule has 2 amide bonds. The maximum absolute atomic E-state index is 13.2. The van der Waals surface area contributed by atoms with Crippen molar-refractivity contribution in [1.29, 1.82) is 0 Å². The van der Waals surface area contributed by atoms with E-state index in [0.717, 1.165) is 11.3 Å². The third-order valence-corrected chi connectivity index (χ3v) is 8.92. The number of esters is 1. The summed E-state index contributed by atoms with van der Waals surface area (Å²) in [7, 11) is -2.38. The molecule has 9 heteroatoms. The Morgan fingerprint density at radius 3 is 1.44 bits per heavy atom. The topological polar surface area (TPSA) is 102 Å². The van der Waals surface area contributed by atoms with E-state index in [1.807, 2.05) is 26.9 Å². The SMILES string of the molecule is CC(C)(C)OC(=O)[C@H](CCCCC(C)(C)[Si](C)(C)O)N(C(=O)OC(C)(C)C)C(=O)OC(C)(C)C. The first-order valence-electron chi connectivity index (χ1n) is 12.1. The van der Waals surface area contributed by atoms with Crippen LogP contribution < -0.4 is 0 Å². The molecule has 0 bridgehead atoms. The number of carbonyl (C=O) groups is 3. The van der Waals surface area contributed by atoms with Crippen molar-refractivity contribution in [3.8, 4) is 0 Å². The molecule has 1 N–H and O–H groups in total. The highest BCUT2D eigenvalue weighted by Crippen LogP contribution is 2.40. The summed E-state index contributed by atoms with van der Waals surface area (Å²) in [5.74, 6) is -0.694. The molecule has 8 nitrogen and oxygen atoms in total. The van der Waals surface area contributed by atoms with Crippen LogP contribution in [0.15, 0.2) is 0 Å². The zero-order chi connectivity index (χ0) is 27.3. The monoisotopic (exact) mass is 503 g/mol. The van der Waals surface area contributed by atoms with E-state index in [9.17, 15) is 19.2 Å². The van der Waals surface area contributed by atoms with Crippen LogP contribution in [0.4, 0.5) is 9.59 Å². The Bertz CT molecular complexity index is 679. The lowest BCUT2D eigenvalue weighted by atomic mass is 10.0. The fourth-order valence-electron chi connectivity index (χ4n) is 2.88. The van der Waals surface area contributed by atoms with E-state index in [-0.39, 0.29) is 11.5 Å². The summed E-state index contributed by atoms with van der Waals surface area (Å²) < 4.78 is 16.5. The third-order valence-electron chi connectivity index (χ3n) is 5.36. The number of ether oxygens (including phenoxy) is 3. The minimum Gasteiger partial charge on any atom is -0.458 e. The standard InChI is InChI=1S/C25H49NO7Si/c1-22(2,3)31-19(27)18(16-14-15-17-25(10,11)34(12,13)30)26(20(28)32-23(4,5)6)21(29)33-24(7,8)9/h18,30H,14-17H2,1-13H3/t18-/m0/s1. The molecule has 0 aromatic rings. The largest absolute Gasteiger partial charge is 0.458 e. The molecule has 0 aliphatic heterocycles. The molecule has 0 aliphatic carbocycles. The smallest absolute Gasteiger partial charge is 0.420 e. The zero-order valence-electron chi connectivity index (χ0n) is 23.7. The predicted molar refractivity (Wildman–Crippen MR) is 136 cm³/mol. The average molecular weight is 504 g/mol. The van der Waals surface area contributed by atoms with Crippen LogP contribution >= 0.6 is 0 Å². The van der Waals surface area contributed by atoms with E-state index in [4.69, 9.17) is 14.2 Å². The first kappa shape index (κ1) is 32.4. The van der Waals surface area contributed by atoms with Gasteiger partial charge in [0.1, 0.15) is 22.8 Å². The van der Waals surface area contributed by atoms with Crippen LogP contribution in [-0.4, -0.2) is 59.0 Å². The summed E-state index contributed by atoms with van der Waals surface area (Å²) in [4.78, 5) is 50.7. The Balaban J connectivity index is 5.98. The molecule has 34 heavy (non-hydrogen) atoms. The number of nitrogens with zero attached hydrogens (tertiary/aromatic N) is 1. The van der Waals surface area contributed by atoms with Gasteiger partial charge in [-0.1, -0.05) is 26.7 Å². The van der Waals surface area contributed by atoms with E-state index in [1.54, 1.807) is 62.3 Å². The molecule has 0 spiro atoms. The van der Waals surface area contributed by atoms with E-state index in [0.29, 0.717) is 12.8 Å².